The number of aliphatic carboxylic acids is 1. The molecule has 1 amide bonds. The molecule has 9 nitrogen and oxygen atoms in total. The van der Waals surface area contributed by atoms with Crippen molar-refractivity contribution < 1.29 is 19.4 Å². The fourth-order valence-corrected chi connectivity index (χ4v) is 5.99. The van der Waals surface area contributed by atoms with Gasteiger partial charge >= 0.3 is 5.97 Å². The Balaban J connectivity index is 1.28. The number of rotatable bonds is 7. The number of likely N-dealkylation sites (tertiary alicyclic amines) is 2. The van der Waals surface area contributed by atoms with Gasteiger partial charge in [0.1, 0.15) is 0 Å². The molecule has 1 aromatic carbocycles. The summed E-state index contributed by atoms with van der Waals surface area (Å²) in [5.74, 6) is -0.471. The van der Waals surface area contributed by atoms with Crippen LogP contribution in [0.3, 0.4) is 0 Å². The average molecular weight is 496 g/mol. The largest absolute Gasteiger partial charge is 0.481 e. The SMILES string of the molecule is CC1CCN(CCc2cn(-c3ccccc3C(=O)N3C[C@H](C(=O)O)[C@@H](C4CCOCC4)C3)nn2)CC1. The van der Waals surface area contributed by atoms with E-state index in [1.54, 1.807) is 15.6 Å². The quantitative estimate of drug-likeness (QED) is 0.630. The molecule has 4 heterocycles. The fraction of sp³-hybridized carbons (Fsp3) is 0.630. The van der Waals surface area contributed by atoms with Gasteiger partial charge in [-0.3, -0.25) is 9.59 Å². The molecule has 0 spiro atoms. The summed E-state index contributed by atoms with van der Waals surface area (Å²) in [6.45, 7) is 7.57. The van der Waals surface area contributed by atoms with Crippen LogP contribution in [0.4, 0.5) is 0 Å². The minimum Gasteiger partial charge on any atom is -0.481 e. The molecule has 3 aliphatic heterocycles. The van der Waals surface area contributed by atoms with Gasteiger partial charge in [-0.05, 0) is 68.7 Å². The van der Waals surface area contributed by atoms with E-state index in [1.165, 1.54) is 12.8 Å². The van der Waals surface area contributed by atoms with E-state index in [0.717, 1.165) is 50.5 Å². The number of para-hydroxylation sites is 1. The van der Waals surface area contributed by atoms with E-state index < -0.39 is 11.9 Å². The van der Waals surface area contributed by atoms with Crippen LogP contribution in [0.15, 0.2) is 30.5 Å². The van der Waals surface area contributed by atoms with Crippen molar-refractivity contribution in [3.05, 3.63) is 41.7 Å². The maximum atomic E-state index is 13.6. The van der Waals surface area contributed by atoms with Crippen molar-refractivity contribution in [1.82, 2.24) is 24.8 Å². The molecule has 0 aliphatic carbocycles. The Kier molecular flexibility index (Phi) is 7.67. The maximum absolute atomic E-state index is 13.6. The molecular weight excluding hydrogens is 458 g/mol. The third-order valence-corrected chi connectivity index (χ3v) is 8.32. The predicted octanol–water partition coefficient (Wildman–Crippen LogP) is 2.74. The summed E-state index contributed by atoms with van der Waals surface area (Å²) < 4.78 is 7.16. The summed E-state index contributed by atoms with van der Waals surface area (Å²) in [5, 5.41) is 18.6. The molecule has 3 saturated heterocycles. The van der Waals surface area contributed by atoms with E-state index in [-0.39, 0.29) is 24.3 Å². The summed E-state index contributed by atoms with van der Waals surface area (Å²) in [6, 6.07) is 7.40. The lowest BCUT2D eigenvalue weighted by Gasteiger charge is -2.29. The normalized spacial score (nSPS) is 24.3. The second-order valence-corrected chi connectivity index (χ2v) is 10.7. The highest BCUT2D eigenvalue weighted by Gasteiger charge is 2.44. The Morgan fingerprint density at radius 2 is 1.83 bits per heavy atom. The number of carboxylic acid groups (broad SMARTS) is 1. The van der Waals surface area contributed by atoms with Crippen molar-refractivity contribution in [2.24, 2.45) is 23.7 Å². The van der Waals surface area contributed by atoms with Gasteiger partial charge in [0.25, 0.3) is 5.91 Å². The van der Waals surface area contributed by atoms with Crippen LogP contribution in [0.2, 0.25) is 0 Å². The molecular formula is C27H37N5O4. The number of ether oxygens (including phenoxy) is 1. The van der Waals surface area contributed by atoms with Gasteiger partial charge in [-0.1, -0.05) is 24.3 Å². The van der Waals surface area contributed by atoms with Gasteiger partial charge in [0, 0.05) is 39.3 Å². The second-order valence-electron chi connectivity index (χ2n) is 10.7. The Morgan fingerprint density at radius 1 is 1.08 bits per heavy atom. The molecule has 2 atom stereocenters. The lowest BCUT2D eigenvalue weighted by atomic mass is 9.80. The fourth-order valence-electron chi connectivity index (χ4n) is 5.99. The summed E-state index contributed by atoms with van der Waals surface area (Å²) in [4.78, 5) is 29.9. The van der Waals surface area contributed by atoms with Gasteiger partial charge in [-0.25, -0.2) is 4.68 Å². The first-order valence-electron chi connectivity index (χ1n) is 13.3. The molecule has 2 aromatic rings. The van der Waals surface area contributed by atoms with Crippen LogP contribution < -0.4 is 0 Å². The number of carbonyl (C=O) groups excluding carboxylic acids is 1. The van der Waals surface area contributed by atoms with E-state index >= 15 is 0 Å². The maximum Gasteiger partial charge on any atom is 0.308 e. The Morgan fingerprint density at radius 3 is 2.58 bits per heavy atom. The number of amides is 1. The molecule has 0 unspecified atom stereocenters. The van der Waals surface area contributed by atoms with Crippen LogP contribution >= 0.6 is 0 Å². The van der Waals surface area contributed by atoms with Gasteiger partial charge < -0.3 is 19.6 Å². The average Bonchev–Trinajstić information content (AvgIpc) is 3.57. The van der Waals surface area contributed by atoms with Gasteiger partial charge in [0.2, 0.25) is 0 Å². The van der Waals surface area contributed by atoms with Gasteiger partial charge in [-0.2, -0.15) is 0 Å². The predicted molar refractivity (Wildman–Crippen MR) is 134 cm³/mol. The van der Waals surface area contributed by atoms with Crippen molar-refractivity contribution in [3.63, 3.8) is 0 Å². The molecule has 9 heteroatoms. The molecule has 3 fully saturated rings. The third kappa shape index (κ3) is 5.47. The molecule has 1 aromatic heterocycles. The lowest BCUT2D eigenvalue weighted by Crippen LogP contribution is -2.34. The van der Waals surface area contributed by atoms with Gasteiger partial charge in [0.05, 0.1) is 29.1 Å². The van der Waals surface area contributed by atoms with Gasteiger partial charge in [-0.15, -0.1) is 5.10 Å². The zero-order valence-corrected chi connectivity index (χ0v) is 21.1. The molecule has 36 heavy (non-hydrogen) atoms. The molecule has 0 saturated carbocycles. The number of hydrogen-bond acceptors (Lipinski definition) is 6. The number of hydrogen-bond donors (Lipinski definition) is 1. The Bertz CT molecular complexity index is 1060. The topological polar surface area (TPSA) is 101 Å². The molecule has 5 rings (SSSR count). The van der Waals surface area contributed by atoms with E-state index in [9.17, 15) is 14.7 Å². The molecule has 194 valence electrons. The minimum absolute atomic E-state index is 0.0433. The smallest absolute Gasteiger partial charge is 0.308 e. The number of aromatic nitrogens is 3. The summed E-state index contributed by atoms with van der Waals surface area (Å²) in [6.07, 6.45) is 6.93. The van der Waals surface area contributed by atoms with Crippen LogP contribution in [-0.4, -0.2) is 87.7 Å². The highest BCUT2D eigenvalue weighted by atomic mass is 16.5. The standard InChI is InChI=1S/C27H37N5O4/c1-19-6-11-30(12-7-19)13-8-21-16-32(29-28-21)25-5-3-2-4-22(25)26(33)31-17-23(24(18-31)27(34)35)20-9-14-36-15-10-20/h2-5,16,19-20,23-24H,6-15,17-18H2,1H3,(H,34,35)/t23-,24+/m1/s1. The molecule has 0 bridgehead atoms. The van der Waals surface area contributed by atoms with Crippen molar-refractivity contribution in [1.29, 1.82) is 0 Å². The zero-order chi connectivity index (χ0) is 25.1. The summed E-state index contributed by atoms with van der Waals surface area (Å²) >= 11 is 0. The van der Waals surface area contributed by atoms with E-state index in [1.807, 2.05) is 24.4 Å². The number of carboxylic acids is 1. The van der Waals surface area contributed by atoms with Crippen LogP contribution in [0.5, 0.6) is 0 Å². The van der Waals surface area contributed by atoms with Crippen molar-refractivity contribution in [2.75, 3.05) is 45.9 Å². The zero-order valence-electron chi connectivity index (χ0n) is 21.1. The minimum atomic E-state index is -0.820. The number of nitrogens with zero attached hydrogens (tertiary/aromatic N) is 5. The van der Waals surface area contributed by atoms with E-state index in [2.05, 4.69) is 22.1 Å². The summed E-state index contributed by atoms with van der Waals surface area (Å²) in [7, 11) is 0. The Labute approximate surface area is 212 Å². The highest BCUT2D eigenvalue weighted by molar-refractivity contribution is 5.98. The number of carbonyl (C=O) groups is 2. The first-order chi connectivity index (χ1) is 17.5. The van der Waals surface area contributed by atoms with Crippen molar-refractivity contribution >= 4 is 11.9 Å². The van der Waals surface area contributed by atoms with Crippen LogP contribution in [0.1, 0.15) is 48.7 Å². The van der Waals surface area contributed by atoms with E-state index in [0.29, 0.717) is 31.0 Å². The van der Waals surface area contributed by atoms with Crippen LogP contribution in [-0.2, 0) is 16.0 Å². The highest BCUT2D eigenvalue weighted by Crippen LogP contribution is 2.36. The molecule has 0 radical (unpaired) electrons. The van der Waals surface area contributed by atoms with Crippen molar-refractivity contribution in [2.45, 2.75) is 39.0 Å². The van der Waals surface area contributed by atoms with Gasteiger partial charge in [0.15, 0.2) is 0 Å². The first kappa shape index (κ1) is 24.9. The second kappa shape index (κ2) is 11.1. The molecule has 3 aliphatic rings. The van der Waals surface area contributed by atoms with E-state index in [4.69, 9.17) is 4.74 Å². The van der Waals surface area contributed by atoms with Crippen LogP contribution in [0.25, 0.3) is 5.69 Å². The van der Waals surface area contributed by atoms with Crippen molar-refractivity contribution in [3.8, 4) is 5.69 Å². The lowest BCUT2D eigenvalue weighted by molar-refractivity contribution is -0.143. The molecule has 1 N–H and O–H groups in total. The summed E-state index contributed by atoms with van der Waals surface area (Å²) in [5.41, 5.74) is 2.10. The van der Waals surface area contributed by atoms with Crippen LogP contribution in [0, 0.1) is 23.7 Å². The number of benzene rings is 1. The number of piperidine rings is 1. The first-order valence-corrected chi connectivity index (χ1v) is 13.3. The Hall–Kier alpha value is -2.78. The third-order valence-electron chi connectivity index (χ3n) is 8.32. The monoisotopic (exact) mass is 495 g/mol.